The summed E-state index contributed by atoms with van der Waals surface area (Å²) in [4.78, 5) is 12.2. The summed E-state index contributed by atoms with van der Waals surface area (Å²) in [5.74, 6) is 0. The van der Waals surface area contributed by atoms with Crippen LogP contribution < -0.4 is 11.1 Å². The van der Waals surface area contributed by atoms with Gasteiger partial charge >= 0.3 is 6.09 Å². The number of aliphatic hydroxyl groups excluding tert-OH is 1. The summed E-state index contributed by atoms with van der Waals surface area (Å²) in [6.45, 7) is 6.48. The van der Waals surface area contributed by atoms with E-state index in [2.05, 4.69) is 5.32 Å². The first-order chi connectivity index (χ1) is 9.66. The predicted octanol–water partition coefficient (Wildman–Crippen LogP) is 1.30. The van der Waals surface area contributed by atoms with Crippen LogP contribution in [-0.4, -0.2) is 47.2 Å². The van der Waals surface area contributed by atoms with Gasteiger partial charge in [0.1, 0.15) is 5.60 Å². The summed E-state index contributed by atoms with van der Waals surface area (Å²) >= 11 is 0. The average Bonchev–Trinajstić information content (AvgIpc) is 2.81. The molecular weight excluding hydrogens is 272 g/mol. The highest BCUT2D eigenvalue weighted by Crippen LogP contribution is 2.39. The normalized spacial score (nSPS) is 37.3. The zero-order chi connectivity index (χ0) is 15.7. The van der Waals surface area contributed by atoms with Crippen molar-refractivity contribution >= 4 is 6.09 Å². The molecule has 2 fully saturated rings. The Labute approximate surface area is 126 Å². The van der Waals surface area contributed by atoms with E-state index >= 15 is 0 Å². The SMILES string of the molecule is CC(C)(C)OC(=O)NC1(C2(N)CCC(O)CC2)CCOC1. The Morgan fingerprint density at radius 1 is 1.33 bits per heavy atom. The van der Waals surface area contributed by atoms with Gasteiger partial charge in [-0.25, -0.2) is 4.79 Å². The number of ether oxygens (including phenoxy) is 2. The summed E-state index contributed by atoms with van der Waals surface area (Å²) in [6, 6.07) is 0. The third-order valence-electron chi connectivity index (χ3n) is 4.56. The van der Waals surface area contributed by atoms with Crippen molar-refractivity contribution < 1.29 is 19.4 Å². The van der Waals surface area contributed by atoms with Gasteiger partial charge in [0.05, 0.1) is 18.2 Å². The van der Waals surface area contributed by atoms with Crippen LogP contribution in [0.4, 0.5) is 4.79 Å². The molecule has 1 heterocycles. The minimum absolute atomic E-state index is 0.289. The first-order valence-electron chi connectivity index (χ1n) is 7.72. The van der Waals surface area contributed by atoms with Crippen LogP contribution in [0.2, 0.25) is 0 Å². The summed E-state index contributed by atoms with van der Waals surface area (Å²) < 4.78 is 10.9. The fraction of sp³-hybridized carbons (Fsp3) is 0.933. The molecule has 0 aromatic carbocycles. The lowest BCUT2D eigenvalue weighted by molar-refractivity contribution is 0.0182. The first kappa shape index (κ1) is 16.5. The lowest BCUT2D eigenvalue weighted by Gasteiger charge is -2.48. The van der Waals surface area contributed by atoms with Crippen LogP contribution in [0.25, 0.3) is 0 Å². The molecule has 6 heteroatoms. The van der Waals surface area contributed by atoms with E-state index < -0.39 is 22.8 Å². The maximum Gasteiger partial charge on any atom is 0.408 e. The van der Waals surface area contributed by atoms with E-state index in [-0.39, 0.29) is 6.10 Å². The van der Waals surface area contributed by atoms with Gasteiger partial charge in [0, 0.05) is 12.1 Å². The molecule has 1 saturated carbocycles. The Morgan fingerprint density at radius 3 is 2.43 bits per heavy atom. The monoisotopic (exact) mass is 300 g/mol. The average molecular weight is 300 g/mol. The zero-order valence-electron chi connectivity index (χ0n) is 13.3. The number of aliphatic hydroxyl groups is 1. The van der Waals surface area contributed by atoms with Crippen molar-refractivity contribution in [2.75, 3.05) is 13.2 Å². The summed E-state index contributed by atoms with van der Waals surface area (Å²) in [7, 11) is 0. The number of alkyl carbamates (subject to hydrolysis) is 1. The van der Waals surface area contributed by atoms with Gasteiger partial charge in [0.2, 0.25) is 0 Å². The van der Waals surface area contributed by atoms with Crippen molar-refractivity contribution in [3.8, 4) is 0 Å². The van der Waals surface area contributed by atoms with Gasteiger partial charge in [-0.15, -0.1) is 0 Å². The van der Waals surface area contributed by atoms with E-state index in [4.69, 9.17) is 15.2 Å². The van der Waals surface area contributed by atoms with Crippen LogP contribution in [-0.2, 0) is 9.47 Å². The minimum atomic E-state index is -0.602. The molecule has 1 aliphatic carbocycles. The zero-order valence-corrected chi connectivity index (χ0v) is 13.3. The molecule has 1 saturated heterocycles. The maximum atomic E-state index is 12.2. The third-order valence-corrected chi connectivity index (χ3v) is 4.56. The topological polar surface area (TPSA) is 93.8 Å². The largest absolute Gasteiger partial charge is 0.444 e. The Balaban J connectivity index is 2.11. The molecule has 2 aliphatic rings. The molecule has 2 rings (SSSR count). The second-order valence-corrected chi connectivity index (χ2v) is 7.40. The summed E-state index contributed by atoms with van der Waals surface area (Å²) in [6.07, 6.45) is 2.61. The van der Waals surface area contributed by atoms with Gasteiger partial charge < -0.3 is 25.6 Å². The predicted molar refractivity (Wildman–Crippen MR) is 78.9 cm³/mol. The van der Waals surface area contributed by atoms with Crippen LogP contribution in [0, 0.1) is 0 Å². The van der Waals surface area contributed by atoms with Gasteiger partial charge in [-0.2, -0.15) is 0 Å². The molecule has 21 heavy (non-hydrogen) atoms. The molecule has 122 valence electrons. The lowest BCUT2D eigenvalue weighted by Crippen LogP contribution is -2.70. The van der Waals surface area contributed by atoms with Gasteiger partial charge in [0.25, 0.3) is 0 Å². The van der Waals surface area contributed by atoms with Gasteiger partial charge in [-0.1, -0.05) is 0 Å². The van der Waals surface area contributed by atoms with Crippen molar-refractivity contribution in [3.63, 3.8) is 0 Å². The van der Waals surface area contributed by atoms with Crippen LogP contribution in [0.3, 0.4) is 0 Å². The van der Waals surface area contributed by atoms with Crippen molar-refractivity contribution in [1.82, 2.24) is 5.32 Å². The third kappa shape index (κ3) is 3.67. The fourth-order valence-corrected chi connectivity index (χ4v) is 3.28. The standard InChI is InChI=1S/C15H28N2O4/c1-13(2,3)21-12(19)17-15(8-9-20-10-15)14(16)6-4-11(18)5-7-14/h11,18H,4-10,16H2,1-3H3,(H,17,19). The highest BCUT2D eigenvalue weighted by atomic mass is 16.6. The number of nitrogens with two attached hydrogens (primary N) is 1. The number of amides is 1. The van der Waals surface area contributed by atoms with Gasteiger partial charge in [0.15, 0.2) is 0 Å². The van der Waals surface area contributed by atoms with E-state index in [1.54, 1.807) is 0 Å². The molecule has 1 atom stereocenters. The Hall–Kier alpha value is -0.850. The van der Waals surface area contributed by atoms with Crippen LogP contribution in [0.5, 0.6) is 0 Å². The molecule has 6 nitrogen and oxygen atoms in total. The molecular formula is C15H28N2O4. The van der Waals surface area contributed by atoms with Gasteiger partial charge in [-0.3, -0.25) is 0 Å². The molecule has 0 aromatic heterocycles. The van der Waals surface area contributed by atoms with E-state index in [1.807, 2.05) is 20.8 Å². The molecule has 0 spiro atoms. The first-order valence-corrected chi connectivity index (χ1v) is 7.72. The second kappa shape index (κ2) is 5.74. The van der Waals surface area contributed by atoms with Crippen LogP contribution in [0.15, 0.2) is 0 Å². The van der Waals surface area contributed by atoms with E-state index in [1.165, 1.54) is 0 Å². The summed E-state index contributed by atoms with van der Waals surface area (Å²) in [5.41, 5.74) is 4.91. The highest BCUT2D eigenvalue weighted by Gasteiger charge is 2.53. The Morgan fingerprint density at radius 2 is 1.95 bits per heavy atom. The Bertz CT molecular complexity index is 378. The maximum absolute atomic E-state index is 12.2. The fourth-order valence-electron chi connectivity index (χ4n) is 3.28. The Kier molecular flexibility index (Phi) is 4.52. The molecule has 0 bridgehead atoms. The molecule has 1 amide bonds. The van der Waals surface area contributed by atoms with Gasteiger partial charge in [-0.05, 0) is 52.9 Å². The minimum Gasteiger partial charge on any atom is -0.444 e. The number of hydrogen-bond donors (Lipinski definition) is 3. The quantitative estimate of drug-likeness (QED) is 0.714. The molecule has 0 radical (unpaired) electrons. The van der Waals surface area contributed by atoms with Crippen molar-refractivity contribution in [3.05, 3.63) is 0 Å². The number of rotatable bonds is 2. The van der Waals surface area contributed by atoms with Crippen LogP contribution >= 0.6 is 0 Å². The highest BCUT2D eigenvalue weighted by molar-refractivity contribution is 5.69. The molecule has 4 N–H and O–H groups in total. The number of carbonyl (C=O) groups is 1. The number of nitrogens with one attached hydrogen (secondary N) is 1. The van der Waals surface area contributed by atoms with Crippen molar-refractivity contribution in [2.24, 2.45) is 5.73 Å². The second-order valence-electron chi connectivity index (χ2n) is 7.40. The van der Waals surface area contributed by atoms with E-state index in [9.17, 15) is 9.90 Å². The van der Waals surface area contributed by atoms with E-state index in [0.29, 0.717) is 45.3 Å². The lowest BCUT2D eigenvalue weighted by atomic mass is 9.67. The molecule has 0 aromatic rings. The van der Waals surface area contributed by atoms with Crippen LogP contribution in [0.1, 0.15) is 52.9 Å². The number of hydrogen-bond acceptors (Lipinski definition) is 5. The van der Waals surface area contributed by atoms with E-state index in [0.717, 1.165) is 0 Å². The molecule has 1 unspecified atom stereocenters. The van der Waals surface area contributed by atoms with Crippen molar-refractivity contribution in [2.45, 2.75) is 75.7 Å². The summed E-state index contributed by atoms with van der Waals surface area (Å²) in [5, 5.41) is 12.7. The van der Waals surface area contributed by atoms with Crippen molar-refractivity contribution in [1.29, 1.82) is 0 Å². The number of carbonyl (C=O) groups excluding carboxylic acids is 1. The molecule has 1 aliphatic heterocycles. The smallest absolute Gasteiger partial charge is 0.408 e.